The molecule has 1 fully saturated rings. The molecule has 144 valence electrons. The molecule has 2 aromatic rings. The second kappa shape index (κ2) is 8.03. The summed E-state index contributed by atoms with van der Waals surface area (Å²) in [5.41, 5.74) is 3.00. The molecule has 5 nitrogen and oxygen atoms in total. The summed E-state index contributed by atoms with van der Waals surface area (Å²) in [6.07, 6.45) is 3.24. The number of rotatable bonds is 4. The van der Waals surface area contributed by atoms with Crippen molar-refractivity contribution in [2.45, 2.75) is 45.2 Å². The zero-order chi connectivity index (χ0) is 18.8. The molecule has 1 aromatic carbocycles. The number of piperidine rings is 1. The maximum Gasteiger partial charge on any atom is 0.272 e. The Morgan fingerprint density at radius 1 is 1.19 bits per heavy atom. The van der Waals surface area contributed by atoms with Gasteiger partial charge in [-0.05, 0) is 50.4 Å². The SMILES string of the molecule is CCN1CCCn2nc(C3CCCN(Cc4ccccc4Cl)C3)cc2C1=O. The molecule has 0 N–H and O–H groups in total. The number of benzene rings is 1. The first-order chi connectivity index (χ1) is 13.2. The van der Waals surface area contributed by atoms with Crippen LogP contribution >= 0.6 is 11.6 Å². The van der Waals surface area contributed by atoms with E-state index in [1.807, 2.05) is 40.8 Å². The van der Waals surface area contributed by atoms with Gasteiger partial charge in [-0.2, -0.15) is 5.10 Å². The molecular formula is C21H27ClN4O. The van der Waals surface area contributed by atoms with Crippen LogP contribution in [0.1, 0.15) is 53.8 Å². The quantitative estimate of drug-likeness (QED) is 0.802. The minimum absolute atomic E-state index is 0.123. The molecule has 1 amide bonds. The molecule has 1 aromatic heterocycles. The topological polar surface area (TPSA) is 41.4 Å². The fourth-order valence-corrected chi connectivity index (χ4v) is 4.46. The van der Waals surface area contributed by atoms with Gasteiger partial charge in [-0.3, -0.25) is 14.4 Å². The lowest BCUT2D eigenvalue weighted by Gasteiger charge is -2.32. The highest BCUT2D eigenvalue weighted by atomic mass is 35.5. The summed E-state index contributed by atoms with van der Waals surface area (Å²) in [4.78, 5) is 17.1. The third kappa shape index (κ3) is 3.90. The molecule has 0 aliphatic carbocycles. The standard InChI is InChI=1S/C21H27ClN4O/c1-2-25-11-6-12-26-20(21(25)27)13-19(23-26)17-8-5-10-24(15-17)14-16-7-3-4-9-18(16)22/h3-4,7,9,13,17H,2,5-6,8,10-12,14-15H2,1H3. The Morgan fingerprint density at radius 3 is 2.85 bits per heavy atom. The van der Waals surface area contributed by atoms with E-state index in [4.69, 9.17) is 16.7 Å². The highest BCUT2D eigenvalue weighted by Gasteiger charge is 2.28. The van der Waals surface area contributed by atoms with Gasteiger partial charge in [0.2, 0.25) is 0 Å². The summed E-state index contributed by atoms with van der Waals surface area (Å²) in [6, 6.07) is 10.1. The van der Waals surface area contributed by atoms with Crippen LogP contribution in [0, 0.1) is 0 Å². The Kier molecular flexibility index (Phi) is 5.50. The van der Waals surface area contributed by atoms with Crippen molar-refractivity contribution < 1.29 is 4.79 Å². The lowest BCUT2D eigenvalue weighted by Crippen LogP contribution is -2.34. The number of aryl methyl sites for hydroxylation is 1. The van der Waals surface area contributed by atoms with Crippen LogP contribution in [0.25, 0.3) is 0 Å². The maximum absolute atomic E-state index is 12.7. The number of carbonyl (C=O) groups excluding carboxylic acids is 1. The van der Waals surface area contributed by atoms with Crippen molar-refractivity contribution in [3.8, 4) is 0 Å². The van der Waals surface area contributed by atoms with Gasteiger partial charge in [0.25, 0.3) is 5.91 Å². The number of hydrogen-bond donors (Lipinski definition) is 0. The molecule has 27 heavy (non-hydrogen) atoms. The summed E-state index contributed by atoms with van der Waals surface area (Å²) in [7, 11) is 0. The molecule has 0 saturated carbocycles. The van der Waals surface area contributed by atoms with Crippen LogP contribution in [-0.2, 0) is 13.1 Å². The minimum Gasteiger partial charge on any atom is -0.338 e. The van der Waals surface area contributed by atoms with Gasteiger partial charge in [-0.25, -0.2) is 0 Å². The summed E-state index contributed by atoms with van der Waals surface area (Å²) in [5, 5.41) is 5.66. The molecule has 6 heteroatoms. The predicted molar refractivity (Wildman–Crippen MR) is 107 cm³/mol. The van der Waals surface area contributed by atoms with Crippen LogP contribution < -0.4 is 0 Å². The molecule has 4 rings (SSSR count). The Labute approximate surface area is 165 Å². The molecule has 2 aliphatic heterocycles. The largest absolute Gasteiger partial charge is 0.338 e. The van der Waals surface area contributed by atoms with Gasteiger partial charge in [0.15, 0.2) is 0 Å². The Hall–Kier alpha value is -1.85. The number of aromatic nitrogens is 2. The normalized spacial score (nSPS) is 21.2. The second-order valence-electron chi connectivity index (χ2n) is 7.58. The highest BCUT2D eigenvalue weighted by Crippen LogP contribution is 2.29. The van der Waals surface area contributed by atoms with E-state index in [9.17, 15) is 4.79 Å². The lowest BCUT2D eigenvalue weighted by atomic mass is 9.94. The molecule has 0 radical (unpaired) electrons. The van der Waals surface area contributed by atoms with Crippen LogP contribution in [0.2, 0.25) is 5.02 Å². The number of halogens is 1. The Balaban J connectivity index is 1.50. The van der Waals surface area contributed by atoms with Gasteiger partial charge in [0.05, 0.1) is 5.69 Å². The van der Waals surface area contributed by atoms with Crippen LogP contribution in [0.5, 0.6) is 0 Å². The molecular weight excluding hydrogens is 360 g/mol. The van der Waals surface area contributed by atoms with Gasteiger partial charge >= 0.3 is 0 Å². The molecule has 2 aliphatic rings. The van der Waals surface area contributed by atoms with Gasteiger partial charge in [-0.1, -0.05) is 29.8 Å². The molecule has 1 unspecified atom stereocenters. The average Bonchev–Trinajstić information content (AvgIpc) is 3.05. The molecule has 1 atom stereocenters. The van der Waals surface area contributed by atoms with E-state index < -0.39 is 0 Å². The smallest absolute Gasteiger partial charge is 0.272 e. The third-order valence-electron chi connectivity index (χ3n) is 5.76. The van der Waals surface area contributed by atoms with E-state index in [1.54, 1.807) is 0 Å². The number of fused-ring (bicyclic) bond motifs is 1. The van der Waals surface area contributed by atoms with E-state index in [1.165, 1.54) is 5.56 Å². The lowest BCUT2D eigenvalue weighted by molar-refractivity contribution is 0.0766. The zero-order valence-corrected chi connectivity index (χ0v) is 16.7. The van der Waals surface area contributed by atoms with E-state index in [2.05, 4.69) is 11.0 Å². The average molecular weight is 387 g/mol. The summed E-state index contributed by atoms with van der Waals surface area (Å²) in [6.45, 7) is 7.36. The van der Waals surface area contributed by atoms with Crippen molar-refractivity contribution in [2.75, 3.05) is 26.2 Å². The zero-order valence-electron chi connectivity index (χ0n) is 15.9. The van der Waals surface area contributed by atoms with Crippen LogP contribution in [0.4, 0.5) is 0 Å². The second-order valence-corrected chi connectivity index (χ2v) is 7.99. The van der Waals surface area contributed by atoms with Crippen molar-refractivity contribution in [1.29, 1.82) is 0 Å². The number of amides is 1. The fourth-order valence-electron chi connectivity index (χ4n) is 4.26. The van der Waals surface area contributed by atoms with E-state index in [0.717, 1.165) is 74.9 Å². The van der Waals surface area contributed by atoms with Crippen molar-refractivity contribution in [2.24, 2.45) is 0 Å². The minimum atomic E-state index is 0.123. The number of likely N-dealkylation sites (tertiary alicyclic amines) is 1. The predicted octanol–water partition coefficient (Wildman–Crippen LogP) is 3.78. The first kappa shape index (κ1) is 18.5. The monoisotopic (exact) mass is 386 g/mol. The summed E-state index contributed by atoms with van der Waals surface area (Å²) in [5.74, 6) is 0.501. The number of carbonyl (C=O) groups is 1. The molecule has 3 heterocycles. The van der Waals surface area contributed by atoms with Crippen LogP contribution in [-0.4, -0.2) is 51.7 Å². The molecule has 1 saturated heterocycles. The molecule has 0 spiro atoms. The van der Waals surface area contributed by atoms with Crippen LogP contribution in [0.15, 0.2) is 30.3 Å². The van der Waals surface area contributed by atoms with Gasteiger partial charge in [0, 0.05) is 43.7 Å². The summed E-state index contributed by atoms with van der Waals surface area (Å²) < 4.78 is 1.93. The van der Waals surface area contributed by atoms with Gasteiger partial charge in [-0.15, -0.1) is 0 Å². The number of nitrogens with zero attached hydrogens (tertiary/aromatic N) is 4. The maximum atomic E-state index is 12.7. The number of hydrogen-bond acceptors (Lipinski definition) is 3. The van der Waals surface area contributed by atoms with Gasteiger partial charge < -0.3 is 4.90 Å². The first-order valence-electron chi connectivity index (χ1n) is 9.98. The fraction of sp³-hybridized carbons (Fsp3) is 0.524. The first-order valence-corrected chi connectivity index (χ1v) is 10.4. The summed E-state index contributed by atoms with van der Waals surface area (Å²) >= 11 is 6.34. The van der Waals surface area contributed by atoms with E-state index >= 15 is 0 Å². The Morgan fingerprint density at radius 2 is 2.04 bits per heavy atom. The van der Waals surface area contributed by atoms with E-state index in [-0.39, 0.29) is 5.91 Å². The Bertz CT molecular complexity index is 818. The van der Waals surface area contributed by atoms with Gasteiger partial charge in [0.1, 0.15) is 5.69 Å². The molecule has 0 bridgehead atoms. The van der Waals surface area contributed by atoms with Crippen LogP contribution in [0.3, 0.4) is 0 Å². The highest BCUT2D eigenvalue weighted by molar-refractivity contribution is 6.31. The van der Waals surface area contributed by atoms with Crippen molar-refractivity contribution in [3.63, 3.8) is 0 Å². The van der Waals surface area contributed by atoms with E-state index in [0.29, 0.717) is 5.92 Å². The third-order valence-corrected chi connectivity index (χ3v) is 6.13. The van der Waals surface area contributed by atoms with Crippen molar-refractivity contribution in [3.05, 3.63) is 52.3 Å². The van der Waals surface area contributed by atoms with Crippen molar-refractivity contribution in [1.82, 2.24) is 19.6 Å². The van der Waals surface area contributed by atoms with Crippen molar-refractivity contribution >= 4 is 17.5 Å².